The van der Waals surface area contributed by atoms with E-state index in [0.717, 1.165) is 51.4 Å². The number of aryl methyl sites for hydroxylation is 1. The van der Waals surface area contributed by atoms with E-state index in [0.29, 0.717) is 12.8 Å². The van der Waals surface area contributed by atoms with Gasteiger partial charge in [0, 0.05) is 43.2 Å². The highest BCUT2D eigenvalue weighted by atomic mass is 32.2. The molecule has 6 nitrogen and oxygen atoms in total. The normalized spacial score (nSPS) is 14.8. The van der Waals surface area contributed by atoms with Gasteiger partial charge in [-0.2, -0.15) is 4.57 Å². The van der Waals surface area contributed by atoms with E-state index in [1.165, 1.54) is 9.60 Å². The van der Waals surface area contributed by atoms with Crippen LogP contribution in [0, 0.1) is 0 Å². The van der Waals surface area contributed by atoms with Gasteiger partial charge < -0.3 is 24.6 Å². The molecule has 2 heterocycles. The number of rotatable bonds is 10. The molecule has 0 radical (unpaired) electrons. The fourth-order valence-electron chi connectivity index (χ4n) is 3.98. The highest BCUT2D eigenvalue weighted by Crippen LogP contribution is 2.47. The van der Waals surface area contributed by atoms with Crippen LogP contribution in [0.1, 0.15) is 24.8 Å². The minimum atomic E-state index is 0.151. The molecule has 0 saturated carbocycles. The molecule has 0 atom stereocenters. The van der Waals surface area contributed by atoms with Gasteiger partial charge in [0.1, 0.15) is 16.2 Å². The van der Waals surface area contributed by atoms with Crippen LogP contribution in [0.15, 0.2) is 58.0 Å². The van der Waals surface area contributed by atoms with Gasteiger partial charge in [0.2, 0.25) is 5.52 Å². The first-order valence-corrected chi connectivity index (χ1v) is 13.0. The van der Waals surface area contributed by atoms with Crippen LogP contribution in [-0.2, 0) is 6.54 Å². The van der Waals surface area contributed by atoms with Gasteiger partial charge in [0.05, 0.1) is 31.0 Å². The van der Waals surface area contributed by atoms with Gasteiger partial charge in [0.15, 0.2) is 6.54 Å². The van der Waals surface area contributed by atoms with E-state index in [1.54, 1.807) is 37.3 Å². The van der Waals surface area contributed by atoms with Crippen LogP contribution < -0.4 is 18.9 Å². The first-order valence-electron chi connectivity index (χ1n) is 11.3. The zero-order valence-corrected chi connectivity index (χ0v) is 21.4. The summed E-state index contributed by atoms with van der Waals surface area (Å²) in [5.74, 6) is 1.65. The first-order chi connectivity index (χ1) is 16.6. The molecule has 180 valence electrons. The van der Waals surface area contributed by atoms with Crippen molar-refractivity contribution < 1.29 is 24.3 Å². The Morgan fingerprint density at radius 1 is 1.03 bits per heavy atom. The molecule has 1 aromatic heterocycles. The van der Waals surface area contributed by atoms with Crippen molar-refractivity contribution in [3.63, 3.8) is 0 Å². The highest BCUT2D eigenvalue weighted by Gasteiger charge is 2.26. The molecular weight excluding hydrogens is 468 g/mol. The SMILES string of the molecule is COc1ccc2c(c1)N(CCCO)C(=CC(C)=Cc1sc3ccc(OC)cc3[n+]1CCCO)S2. The van der Waals surface area contributed by atoms with Crippen LogP contribution >= 0.6 is 23.1 Å². The number of aromatic nitrogens is 1. The van der Waals surface area contributed by atoms with Crippen molar-refractivity contribution in [2.45, 2.75) is 31.2 Å². The van der Waals surface area contributed by atoms with Crippen LogP contribution in [0.5, 0.6) is 11.5 Å². The molecule has 1 aliphatic heterocycles. The topological polar surface area (TPSA) is 66.0 Å². The standard InChI is InChI=1S/C26H31N2O4S2/c1-18(14-25-27(10-4-12-29)21-16-19(31-2)6-8-23(21)33-25)15-26-28(11-5-13-30)22-17-20(32-3)7-9-24(22)34-26/h6-9,14-17,29-30H,4-5,10-13H2,1-3H3/q+1. The van der Waals surface area contributed by atoms with Crippen LogP contribution in [0.25, 0.3) is 16.3 Å². The number of allylic oxidation sites excluding steroid dienone is 2. The van der Waals surface area contributed by atoms with Crippen molar-refractivity contribution in [2.75, 3.05) is 38.9 Å². The molecule has 34 heavy (non-hydrogen) atoms. The van der Waals surface area contributed by atoms with Crippen molar-refractivity contribution in [1.82, 2.24) is 0 Å². The van der Waals surface area contributed by atoms with Crippen molar-refractivity contribution in [3.8, 4) is 11.5 Å². The Kier molecular flexibility index (Phi) is 8.15. The van der Waals surface area contributed by atoms with Crippen molar-refractivity contribution >= 4 is 45.1 Å². The number of thiazole rings is 1. The summed E-state index contributed by atoms with van der Waals surface area (Å²) in [7, 11) is 3.36. The zero-order valence-electron chi connectivity index (χ0n) is 19.8. The van der Waals surface area contributed by atoms with E-state index in [9.17, 15) is 10.2 Å². The van der Waals surface area contributed by atoms with E-state index < -0.39 is 0 Å². The van der Waals surface area contributed by atoms with Crippen molar-refractivity contribution in [1.29, 1.82) is 0 Å². The van der Waals surface area contributed by atoms with Gasteiger partial charge in [-0.3, -0.25) is 0 Å². The maximum absolute atomic E-state index is 9.43. The molecule has 8 heteroatoms. The molecule has 0 aliphatic carbocycles. The molecule has 3 aromatic rings. The second-order valence-corrected chi connectivity index (χ2v) is 10.2. The average molecular weight is 500 g/mol. The van der Waals surface area contributed by atoms with E-state index in [4.69, 9.17) is 9.47 Å². The molecular formula is C26H31N2O4S2+. The smallest absolute Gasteiger partial charge is 0.263 e. The highest BCUT2D eigenvalue weighted by molar-refractivity contribution is 8.03. The minimum absolute atomic E-state index is 0.151. The summed E-state index contributed by atoms with van der Waals surface area (Å²) < 4.78 is 14.3. The Morgan fingerprint density at radius 2 is 1.76 bits per heavy atom. The number of aliphatic hydroxyl groups is 2. The van der Waals surface area contributed by atoms with E-state index in [-0.39, 0.29) is 13.2 Å². The lowest BCUT2D eigenvalue weighted by atomic mass is 10.2. The Morgan fingerprint density at radius 3 is 2.50 bits per heavy atom. The van der Waals surface area contributed by atoms with Crippen LogP contribution in [0.3, 0.4) is 0 Å². The molecule has 2 N–H and O–H groups in total. The first kappa shape index (κ1) is 24.6. The molecule has 0 spiro atoms. The number of methoxy groups -OCH3 is 2. The van der Waals surface area contributed by atoms with Crippen LogP contribution in [0.2, 0.25) is 0 Å². The van der Waals surface area contributed by atoms with Crippen molar-refractivity contribution in [3.05, 3.63) is 58.1 Å². The lowest BCUT2D eigenvalue weighted by molar-refractivity contribution is -0.669. The predicted molar refractivity (Wildman–Crippen MR) is 140 cm³/mol. The summed E-state index contributed by atoms with van der Waals surface area (Å²) >= 11 is 3.47. The van der Waals surface area contributed by atoms with E-state index >= 15 is 0 Å². The monoisotopic (exact) mass is 499 g/mol. The second kappa shape index (κ2) is 11.3. The largest absolute Gasteiger partial charge is 0.497 e. The summed E-state index contributed by atoms with van der Waals surface area (Å²) in [5.41, 5.74) is 3.36. The summed E-state index contributed by atoms with van der Waals surface area (Å²) in [6, 6.07) is 12.3. The Balaban J connectivity index is 1.70. The molecule has 0 fully saturated rings. The number of anilines is 1. The van der Waals surface area contributed by atoms with Gasteiger partial charge in [-0.25, -0.2) is 0 Å². The Hall–Kier alpha value is -2.52. The Bertz CT molecular complexity index is 1220. The molecule has 0 amide bonds. The molecule has 0 bridgehead atoms. The van der Waals surface area contributed by atoms with E-state index in [1.807, 2.05) is 12.1 Å². The summed E-state index contributed by atoms with van der Waals surface area (Å²) in [6.45, 7) is 3.89. The third kappa shape index (κ3) is 5.25. The van der Waals surface area contributed by atoms with Gasteiger partial charge in [-0.05, 0) is 49.3 Å². The van der Waals surface area contributed by atoms with Gasteiger partial charge in [0.25, 0.3) is 5.01 Å². The number of thioether (sulfide) groups is 1. The zero-order chi connectivity index (χ0) is 24.1. The molecule has 2 aromatic carbocycles. The molecule has 4 rings (SSSR count). The number of hydrogen-bond donors (Lipinski definition) is 2. The quantitative estimate of drug-likeness (QED) is 0.390. The fourth-order valence-corrected chi connectivity index (χ4v) is 6.34. The minimum Gasteiger partial charge on any atom is -0.497 e. The van der Waals surface area contributed by atoms with Gasteiger partial charge in [-0.1, -0.05) is 23.1 Å². The summed E-state index contributed by atoms with van der Waals surface area (Å²) in [4.78, 5) is 3.44. The maximum Gasteiger partial charge on any atom is 0.263 e. The van der Waals surface area contributed by atoms with E-state index in [2.05, 4.69) is 52.8 Å². The van der Waals surface area contributed by atoms with Crippen LogP contribution in [-0.4, -0.2) is 44.2 Å². The molecule has 1 aliphatic rings. The number of hydrogen-bond acceptors (Lipinski definition) is 7. The maximum atomic E-state index is 9.43. The third-order valence-corrected chi connectivity index (χ3v) is 7.88. The molecule has 0 saturated heterocycles. The second-order valence-electron chi connectivity index (χ2n) is 8.04. The summed E-state index contributed by atoms with van der Waals surface area (Å²) in [5, 5.41) is 21.1. The predicted octanol–water partition coefficient (Wildman–Crippen LogP) is 4.83. The lowest BCUT2D eigenvalue weighted by Gasteiger charge is -2.20. The van der Waals surface area contributed by atoms with Gasteiger partial charge in [-0.15, -0.1) is 0 Å². The van der Waals surface area contributed by atoms with Crippen LogP contribution in [0.4, 0.5) is 5.69 Å². The lowest BCUT2D eigenvalue weighted by Crippen LogP contribution is -2.35. The molecule has 0 unspecified atom stereocenters. The summed E-state index contributed by atoms with van der Waals surface area (Å²) in [6.07, 6.45) is 5.79. The number of nitrogens with zero attached hydrogens (tertiary/aromatic N) is 2. The Labute approximate surface area is 208 Å². The number of aliphatic hydroxyl groups excluding tert-OH is 2. The third-order valence-electron chi connectivity index (χ3n) is 5.66. The number of ether oxygens (including phenoxy) is 2. The number of fused-ring (bicyclic) bond motifs is 2. The fraction of sp³-hybridized carbons (Fsp3) is 0.346. The number of benzene rings is 2. The van der Waals surface area contributed by atoms with Gasteiger partial charge >= 0.3 is 0 Å². The van der Waals surface area contributed by atoms with Crippen molar-refractivity contribution in [2.24, 2.45) is 0 Å². The average Bonchev–Trinajstić information content (AvgIpc) is 3.36.